The number of amides is 1. The largest absolute Gasteiger partial charge is 0.467 e. The number of halogens is 1. The standard InChI is InChI=1S/C15H26N2O3.ClH/c1-20-14(19)15(8-3-2-4-9-15)17-13(18)10-11-6-5-7-12(11)16;/h11-12H,2-10,16H2,1H3,(H,17,18);1H/t11-,12+;/m0./s1. The van der Waals surface area contributed by atoms with Gasteiger partial charge in [-0.1, -0.05) is 25.7 Å². The van der Waals surface area contributed by atoms with Crippen LogP contribution in [0.25, 0.3) is 0 Å². The number of carbonyl (C=O) groups is 2. The van der Waals surface area contributed by atoms with Crippen molar-refractivity contribution in [2.75, 3.05) is 7.11 Å². The maximum absolute atomic E-state index is 12.3. The van der Waals surface area contributed by atoms with E-state index in [2.05, 4.69) is 5.32 Å². The van der Waals surface area contributed by atoms with Crippen LogP contribution in [0.15, 0.2) is 0 Å². The van der Waals surface area contributed by atoms with Crippen molar-refractivity contribution in [2.45, 2.75) is 69.4 Å². The number of nitrogens with one attached hydrogen (secondary N) is 1. The van der Waals surface area contributed by atoms with Crippen LogP contribution in [-0.4, -0.2) is 30.6 Å². The number of methoxy groups -OCH3 is 1. The molecule has 5 nitrogen and oxygen atoms in total. The van der Waals surface area contributed by atoms with Crippen molar-refractivity contribution < 1.29 is 14.3 Å². The quantitative estimate of drug-likeness (QED) is 0.776. The van der Waals surface area contributed by atoms with E-state index in [1.54, 1.807) is 0 Å². The van der Waals surface area contributed by atoms with E-state index in [1.165, 1.54) is 7.11 Å². The molecule has 2 rings (SSSR count). The third kappa shape index (κ3) is 4.33. The molecule has 0 bridgehead atoms. The smallest absolute Gasteiger partial charge is 0.331 e. The van der Waals surface area contributed by atoms with Gasteiger partial charge in [-0.3, -0.25) is 4.79 Å². The molecular formula is C15H27ClN2O3. The molecule has 0 aromatic rings. The number of ether oxygens (including phenoxy) is 1. The second-order valence-electron chi connectivity index (χ2n) is 6.24. The monoisotopic (exact) mass is 318 g/mol. The highest BCUT2D eigenvalue weighted by Gasteiger charge is 2.42. The Morgan fingerprint density at radius 1 is 1.19 bits per heavy atom. The van der Waals surface area contributed by atoms with Crippen molar-refractivity contribution >= 4 is 24.3 Å². The molecular weight excluding hydrogens is 292 g/mol. The Kier molecular flexibility index (Phi) is 6.94. The van der Waals surface area contributed by atoms with Gasteiger partial charge in [-0.15, -0.1) is 12.4 Å². The molecule has 0 aromatic heterocycles. The molecule has 2 fully saturated rings. The lowest BCUT2D eigenvalue weighted by Crippen LogP contribution is -2.56. The molecule has 2 atom stereocenters. The molecule has 0 aliphatic heterocycles. The van der Waals surface area contributed by atoms with Gasteiger partial charge in [0.05, 0.1) is 7.11 Å². The Labute approximate surface area is 132 Å². The number of carbonyl (C=O) groups excluding carboxylic acids is 2. The van der Waals surface area contributed by atoms with Gasteiger partial charge in [0, 0.05) is 12.5 Å². The molecule has 1 amide bonds. The Balaban J connectivity index is 0.00000220. The van der Waals surface area contributed by atoms with Gasteiger partial charge in [0.1, 0.15) is 5.54 Å². The first-order valence-electron chi connectivity index (χ1n) is 7.72. The summed E-state index contributed by atoms with van der Waals surface area (Å²) in [5.74, 6) is -0.103. The molecule has 21 heavy (non-hydrogen) atoms. The van der Waals surface area contributed by atoms with Crippen molar-refractivity contribution in [3.63, 3.8) is 0 Å². The highest BCUT2D eigenvalue weighted by atomic mass is 35.5. The topological polar surface area (TPSA) is 81.4 Å². The van der Waals surface area contributed by atoms with Gasteiger partial charge in [-0.25, -0.2) is 4.79 Å². The second-order valence-corrected chi connectivity index (χ2v) is 6.24. The predicted octanol–water partition coefficient (Wildman–Crippen LogP) is 1.92. The summed E-state index contributed by atoms with van der Waals surface area (Å²) in [5.41, 5.74) is 5.21. The molecule has 0 aromatic carbocycles. The Morgan fingerprint density at radius 2 is 1.86 bits per heavy atom. The summed E-state index contributed by atoms with van der Waals surface area (Å²) >= 11 is 0. The van der Waals surface area contributed by atoms with Crippen LogP contribution in [0, 0.1) is 5.92 Å². The van der Waals surface area contributed by atoms with Crippen LogP contribution in [0.2, 0.25) is 0 Å². The maximum Gasteiger partial charge on any atom is 0.331 e. The molecule has 2 aliphatic rings. The van der Waals surface area contributed by atoms with E-state index in [9.17, 15) is 9.59 Å². The molecule has 3 N–H and O–H groups in total. The fourth-order valence-corrected chi connectivity index (χ4v) is 3.61. The van der Waals surface area contributed by atoms with Crippen LogP contribution in [0.1, 0.15) is 57.8 Å². The minimum atomic E-state index is -0.799. The van der Waals surface area contributed by atoms with Gasteiger partial charge in [0.25, 0.3) is 0 Å². The molecule has 2 aliphatic carbocycles. The Bertz CT molecular complexity index is 370. The molecule has 2 saturated carbocycles. The number of nitrogens with two attached hydrogens (primary N) is 1. The average Bonchev–Trinajstić information content (AvgIpc) is 2.84. The van der Waals surface area contributed by atoms with Gasteiger partial charge >= 0.3 is 5.97 Å². The number of rotatable bonds is 4. The summed E-state index contributed by atoms with van der Waals surface area (Å²) in [6, 6.07) is 0.126. The van der Waals surface area contributed by atoms with Crippen molar-refractivity contribution in [3.05, 3.63) is 0 Å². The maximum atomic E-state index is 12.3. The number of hydrogen-bond acceptors (Lipinski definition) is 4. The predicted molar refractivity (Wildman–Crippen MR) is 83.2 cm³/mol. The first-order valence-corrected chi connectivity index (χ1v) is 7.72. The molecule has 0 heterocycles. The Hall–Kier alpha value is -0.810. The van der Waals surface area contributed by atoms with Gasteiger partial charge in [-0.05, 0) is 31.6 Å². The van der Waals surface area contributed by atoms with Gasteiger partial charge in [-0.2, -0.15) is 0 Å². The van der Waals surface area contributed by atoms with E-state index >= 15 is 0 Å². The molecule has 122 valence electrons. The lowest BCUT2D eigenvalue weighted by Gasteiger charge is -2.35. The van der Waals surface area contributed by atoms with Gasteiger partial charge < -0.3 is 15.8 Å². The van der Waals surface area contributed by atoms with Crippen LogP contribution in [0.5, 0.6) is 0 Å². The van der Waals surface area contributed by atoms with Gasteiger partial charge in [0.2, 0.25) is 5.91 Å². The summed E-state index contributed by atoms with van der Waals surface area (Å²) in [4.78, 5) is 24.3. The van der Waals surface area contributed by atoms with Crippen molar-refractivity contribution in [1.29, 1.82) is 0 Å². The third-order valence-electron chi connectivity index (χ3n) is 4.83. The van der Waals surface area contributed by atoms with E-state index in [4.69, 9.17) is 10.5 Å². The lowest BCUT2D eigenvalue weighted by atomic mass is 9.81. The summed E-state index contributed by atoms with van der Waals surface area (Å²) in [7, 11) is 1.39. The van der Waals surface area contributed by atoms with Crippen LogP contribution in [-0.2, 0) is 14.3 Å². The third-order valence-corrected chi connectivity index (χ3v) is 4.83. The molecule has 0 radical (unpaired) electrons. The van der Waals surface area contributed by atoms with Crippen molar-refractivity contribution in [3.8, 4) is 0 Å². The summed E-state index contributed by atoms with van der Waals surface area (Å²) in [6.07, 6.45) is 7.93. The molecule has 6 heteroatoms. The van der Waals surface area contributed by atoms with Crippen LogP contribution >= 0.6 is 12.4 Å². The van der Waals surface area contributed by atoms with Crippen LogP contribution < -0.4 is 11.1 Å². The molecule has 0 unspecified atom stereocenters. The Morgan fingerprint density at radius 3 is 2.38 bits per heavy atom. The lowest BCUT2D eigenvalue weighted by molar-refractivity contribution is -0.152. The highest BCUT2D eigenvalue weighted by molar-refractivity contribution is 5.88. The fourth-order valence-electron chi connectivity index (χ4n) is 3.61. The van der Waals surface area contributed by atoms with E-state index in [1.807, 2.05) is 0 Å². The molecule has 0 saturated heterocycles. The highest BCUT2D eigenvalue weighted by Crippen LogP contribution is 2.31. The summed E-state index contributed by atoms with van der Waals surface area (Å²) in [6.45, 7) is 0. The van der Waals surface area contributed by atoms with E-state index < -0.39 is 5.54 Å². The second kappa shape index (κ2) is 7.99. The van der Waals surface area contributed by atoms with E-state index in [-0.39, 0.29) is 36.2 Å². The SMILES string of the molecule is COC(=O)C1(NC(=O)C[C@@H]2CCC[C@H]2N)CCCCC1.Cl. The first kappa shape index (κ1) is 18.2. The summed E-state index contributed by atoms with van der Waals surface area (Å²) in [5, 5.41) is 2.96. The van der Waals surface area contributed by atoms with Crippen molar-refractivity contribution in [1.82, 2.24) is 5.32 Å². The van der Waals surface area contributed by atoms with E-state index in [0.717, 1.165) is 38.5 Å². The molecule has 0 spiro atoms. The fraction of sp³-hybridized carbons (Fsp3) is 0.867. The van der Waals surface area contributed by atoms with Crippen molar-refractivity contribution in [2.24, 2.45) is 11.7 Å². The van der Waals surface area contributed by atoms with Gasteiger partial charge in [0.15, 0.2) is 0 Å². The van der Waals surface area contributed by atoms with Crippen LogP contribution in [0.3, 0.4) is 0 Å². The number of hydrogen-bond donors (Lipinski definition) is 2. The average molecular weight is 319 g/mol. The zero-order chi connectivity index (χ0) is 14.6. The van der Waals surface area contributed by atoms with Crippen LogP contribution in [0.4, 0.5) is 0 Å². The summed E-state index contributed by atoms with van der Waals surface area (Å²) < 4.78 is 4.91. The van der Waals surface area contributed by atoms with E-state index in [0.29, 0.717) is 19.3 Å². The minimum Gasteiger partial charge on any atom is -0.467 e. The first-order chi connectivity index (χ1) is 9.57. The minimum absolute atomic E-state index is 0. The number of esters is 1. The zero-order valence-corrected chi connectivity index (χ0v) is 13.5. The zero-order valence-electron chi connectivity index (χ0n) is 12.7. The normalized spacial score (nSPS) is 27.5.